The fourth-order valence-electron chi connectivity index (χ4n) is 1.90. The molecule has 0 bridgehead atoms. The Morgan fingerprint density at radius 3 is 2.64 bits per heavy atom. The second kappa shape index (κ2) is 7.84. The molecule has 3 N–H and O–H groups in total. The van der Waals surface area contributed by atoms with E-state index in [9.17, 15) is 27.9 Å². The summed E-state index contributed by atoms with van der Waals surface area (Å²) in [5.41, 5.74) is -1.28. The number of aliphatic hydroxyl groups excluding tert-OH is 1. The van der Waals surface area contributed by atoms with E-state index >= 15 is 0 Å². The van der Waals surface area contributed by atoms with Crippen molar-refractivity contribution in [1.82, 2.24) is 10.3 Å². The molecule has 1 heterocycles. The SMILES string of the molecule is O=C(NC[C@@H](O)COc1cccc(C(F)(F)F)c1)c1cccc(=O)[nH]1. The van der Waals surface area contributed by atoms with E-state index in [1.807, 2.05) is 0 Å². The van der Waals surface area contributed by atoms with Gasteiger partial charge in [-0.05, 0) is 24.3 Å². The summed E-state index contributed by atoms with van der Waals surface area (Å²) in [5, 5.41) is 12.1. The molecule has 2 rings (SSSR count). The number of alkyl halides is 3. The van der Waals surface area contributed by atoms with Crippen molar-refractivity contribution in [2.45, 2.75) is 12.3 Å². The quantitative estimate of drug-likeness (QED) is 0.733. The lowest BCUT2D eigenvalue weighted by atomic mass is 10.2. The van der Waals surface area contributed by atoms with E-state index < -0.39 is 29.3 Å². The topological polar surface area (TPSA) is 91.4 Å². The lowest BCUT2D eigenvalue weighted by Gasteiger charge is -2.14. The number of hydrogen-bond donors (Lipinski definition) is 3. The summed E-state index contributed by atoms with van der Waals surface area (Å²) >= 11 is 0. The number of carbonyl (C=O) groups excluding carboxylic acids is 1. The zero-order valence-electron chi connectivity index (χ0n) is 12.8. The molecule has 0 radical (unpaired) electrons. The lowest BCUT2D eigenvalue weighted by molar-refractivity contribution is -0.137. The van der Waals surface area contributed by atoms with Crippen molar-refractivity contribution in [1.29, 1.82) is 0 Å². The first kappa shape index (κ1) is 18.5. The van der Waals surface area contributed by atoms with Crippen LogP contribution in [0, 0.1) is 0 Å². The van der Waals surface area contributed by atoms with Crippen molar-refractivity contribution in [3.8, 4) is 5.75 Å². The van der Waals surface area contributed by atoms with Gasteiger partial charge in [-0.1, -0.05) is 12.1 Å². The number of pyridine rings is 1. The number of halogens is 3. The second-order valence-corrected chi connectivity index (χ2v) is 5.13. The normalized spacial score (nSPS) is 12.5. The highest BCUT2D eigenvalue weighted by molar-refractivity contribution is 5.92. The molecular weight excluding hydrogens is 341 g/mol. The first-order chi connectivity index (χ1) is 11.8. The molecule has 0 aliphatic heterocycles. The monoisotopic (exact) mass is 356 g/mol. The molecule has 1 aromatic heterocycles. The van der Waals surface area contributed by atoms with E-state index in [2.05, 4.69) is 10.3 Å². The number of aromatic amines is 1. The van der Waals surface area contributed by atoms with Gasteiger partial charge in [0, 0.05) is 12.6 Å². The fourth-order valence-corrected chi connectivity index (χ4v) is 1.90. The maximum atomic E-state index is 12.6. The Bertz CT molecular complexity index is 789. The van der Waals surface area contributed by atoms with Gasteiger partial charge in [-0.15, -0.1) is 0 Å². The summed E-state index contributed by atoms with van der Waals surface area (Å²) in [6, 6.07) is 8.29. The van der Waals surface area contributed by atoms with E-state index in [-0.39, 0.29) is 24.6 Å². The van der Waals surface area contributed by atoms with Crippen molar-refractivity contribution < 1.29 is 27.8 Å². The van der Waals surface area contributed by atoms with Gasteiger partial charge in [0.25, 0.3) is 5.91 Å². The van der Waals surface area contributed by atoms with Gasteiger partial charge < -0.3 is 20.1 Å². The summed E-state index contributed by atoms with van der Waals surface area (Å²) < 4.78 is 42.9. The molecule has 1 aromatic carbocycles. The number of carbonyl (C=O) groups is 1. The molecular formula is C16H15F3N2O4. The Morgan fingerprint density at radius 2 is 1.96 bits per heavy atom. The second-order valence-electron chi connectivity index (χ2n) is 5.13. The Hall–Kier alpha value is -2.81. The highest BCUT2D eigenvalue weighted by atomic mass is 19.4. The summed E-state index contributed by atoms with van der Waals surface area (Å²) in [5.74, 6) is -0.650. The van der Waals surface area contributed by atoms with Crippen LogP contribution in [0.25, 0.3) is 0 Å². The number of benzene rings is 1. The third kappa shape index (κ3) is 5.64. The summed E-state index contributed by atoms with van der Waals surface area (Å²) in [6.45, 7) is -0.512. The highest BCUT2D eigenvalue weighted by Crippen LogP contribution is 2.31. The van der Waals surface area contributed by atoms with Crippen molar-refractivity contribution in [2.24, 2.45) is 0 Å². The van der Waals surface area contributed by atoms with Gasteiger partial charge in [0.05, 0.1) is 5.56 Å². The average molecular weight is 356 g/mol. The summed E-state index contributed by atoms with van der Waals surface area (Å²) in [7, 11) is 0. The molecule has 0 unspecified atom stereocenters. The molecule has 0 fully saturated rings. The number of rotatable bonds is 6. The highest BCUT2D eigenvalue weighted by Gasteiger charge is 2.30. The van der Waals surface area contributed by atoms with Gasteiger partial charge in [0.1, 0.15) is 24.2 Å². The third-order valence-electron chi connectivity index (χ3n) is 3.11. The molecule has 2 aromatic rings. The maximum Gasteiger partial charge on any atom is 0.416 e. The van der Waals surface area contributed by atoms with Crippen LogP contribution in [0.1, 0.15) is 16.1 Å². The third-order valence-corrected chi connectivity index (χ3v) is 3.11. The minimum atomic E-state index is -4.49. The van der Waals surface area contributed by atoms with Gasteiger partial charge in [-0.25, -0.2) is 0 Å². The van der Waals surface area contributed by atoms with Crippen LogP contribution in [0.2, 0.25) is 0 Å². The van der Waals surface area contributed by atoms with E-state index in [4.69, 9.17) is 4.74 Å². The van der Waals surface area contributed by atoms with Crippen molar-refractivity contribution in [3.63, 3.8) is 0 Å². The van der Waals surface area contributed by atoms with Gasteiger partial charge in [-0.2, -0.15) is 13.2 Å². The molecule has 25 heavy (non-hydrogen) atoms. The standard InChI is InChI=1S/C16H15F3N2O4/c17-16(18,19)10-3-1-4-12(7-10)25-9-11(22)8-20-15(24)13-5-2-6-14(23)21-13/h1-7,11,22H,8-9H2,(H,20,24)(H,21,23)/t11-/m1/s1. The Balaban J connectivity index is 1.84. The molecule has 0 aliphatic carbocycles. The Kier molecular flexibility index (Phi) is 5.81. The van der Waals surface area contributed by atoms with Gasteiger partial charge >= 0.3 is 6.18 Å². The Labute approximate surface area is 140 Å². The van der Waals surface area contributed by atoms with Crippen molar-refractivity contribution >= 4 is 5.91 Å². The number of hydrogen-bond acceptors (Lipinski definition) is 4. The van der Waals surface area contributed by atoms with Crippen LogP contribution >= 0.6 is 0 Å². The van der Waals surface area contributed by atoms with Gasteiger partial charge in [0.15, 0.2) is 0 Å². The van der Waals surface area contributed by atoms with Crippen molar-refractivity contribution in [3.05, 3.63) is 64.1 Å². The Morgan fingerprint density at radius 1 is 1.24 bits per heavy atom. The van der Waals surface area contributed by atoms with E-state index in [0.717, 1.165) is 12.1 Å². The molecule has 0 aliphatic rings. The minimum absolute atomic E-state index is 0.0264. The molecule has 6 nitrogen and oxygen atoms in total. The van der Waals surface area contributed by atoms with E-state index in [0.29, 0.717) is 0 Å². The molecule has 1 amide bonds. The molecule has 0 spiro atoms. The summed E-state index contributed by atoms with van der Waals surface area (Å²) in [4.78, 5) is 25.2. The zero-order valence-corrected chi connectivity index (χ0v) is 12.8. The summed E-state index contributed by atoms with van der Waals surface area (Å²) in [6.07, 6.45) is -5.63. The van der Waals surface area contributed by atoms with Crippen molar-refractivity contribution in [2.75, 3.05) is 13.2 Å². The molecule has 134 valence electrons. The van der Waals surface area contributed by atoms with E-state index in [1.165, 1.54) is 30.3 Å². The molecule has 1 atom stereocenters. The first-order valence-corrected chi connectivity index (χ1v) is 7.21. The largest absolute Gasteiger partial charge is 0.491 e. The fraction of sp³-hybridized carbons (Fsp3) is 0.250. The molecule has 9 heteroatoms. The average Bonchev–Trinajstić information content (AvgIpc) is 2.57. The number of aliphatic hydroxyl groups is 1. The minimum Gasteiger partial charge on any atom is -0.491 e. The van der Waals surface area contributed by atoms with Crippen LogP contribution in [0.15, 0.2) is 47.3 Å². The van der Waals surface area contributed by atoms with Gasteiger partial charge in [0.2, 0.25) is 5.56 Å². The lowest BCUT2D eigenvalue weighted by Crippen LogP contribution is -2.36. The van der Waals surface area contributed by atoms with Crippen LogP contribution in [0.5, 0.6) is 5.75 Å². The predicted octanol–water partition coefficient (Wildman–Crippen LogP) is 1.56. The number of aromatic nitrogens is 1. The van der Waals surface area contributed by atoms with Crippen LogP contribution in [-0.4, -0.2) is 35.3 Å². The zero-order chi connectivity index (χ0) is 18.4. The van der Waals surface area contributed by atoms with Crippen LogP contribution in [-0.2, 0) is 6.18 Å². The first-order valence-electron chi connectivity index (χ1n) is 7.21. The number of amides is 1. The van der Waals surface area contributed by atoms with Crippen LogP contribution in [0.4, 0.5) is 13.2 Å². The van der Waals surface area contributed by atoms with Gasteiger partial charge in [-0.3, -0.25) is 9.59 Å². The maximum absolute atomic E-state index is 12.6. The molecule has 0 saturated heterocycles. The van der Waals surface area contributed by atoms with Crippen LogP contribution in [0.3, 0.4) is 0 Å². The predicted molar refractivity (Wildman–Crippen MR) is 82.3 cm³/mol. The van der Waals surface area contributed by atoms with E-state index in [1.54, 1.807) is 0 Å². The number of nitrogens with one attached hydrogen (secondary N) is 2. The molecule has 0 saturated carbocycles. The van der Waals surface area contributed by atoms with Crippen LogP contribution < -0.4 is 15.6 Å². The smallest absolute Gasteiger partial charge is 0.416 e. The number of ether oxygens (including phenoxy) is 1. The number of H-pyrrole nitrogens is 1.